The largest absolute Gasteiger partial charge is 0.464 e. The fourth-order valence-electron chi connectivity index (χ4n) is 3.85. The Morgan fingerprint density at radius 1 is 1.08 bits per heavy atom. The van der Waals surface area contributed by atoms with Gasteiger partial charge in [0.25, 0.3) is 11.2 Å². The first-order chi connectivity index (χ1) is 17.0. The molecule has 0 unspecified atom stereocenters. The molecule has 13 heteroatoms. The molecule has 11 nitrogen and oxygen atoms in total. The lowest BCUT2D eigenvalue weighted by atomic mass is 9.91. The minimum Gasteiger partial charge on any atom is -0.464 e. The molecule has 2 atom stereocenters. The Morgan fingerprint density at radius 2 is 1.61 bits per heavy atom. The van der Waals surface area contributed by atoms with E-state index in [1.54, 1.807) is 19.1 Å². The molecule has 1 N–H and O–H groups in total. The zero-order valence-corrected chi connectivity index (χ0v) is 21.5. The van der Waals surface area contributed by atoms with Gasteiger partial charge in [-0.05, 0) is 50.6 Å². The maximum Gasteiger partial charge on any atom is 0.342 e. The van der Waals surface area contributed by atoms with Crippen LogP contribution in [-0.4, -0.2) is 65.3 Å². The summed E-state index contributed by atoms with van der Waals surface area (Å²) >= 11 is 0.956. The second-order valence-electron chi connectivity index (χ2n) is 7.87. The third-order valence-electron chi connectivity index (χ3n) is 5.59. The molecule has 194 valence electrons. The summed E-state index contributed by atoms with van der Waals surface area (Å²) in [5, 5.41) is 21.0. The molecule has 2 aromatic rings. The number of nitro benzene ring substituents is 1. The predicted molar refractivity (Wildman–Crippen MR) is 131 cm³/mol. The number of nitro groups is 1. The second kappa shape index (κ2) is 10.9. The first-order valence-electron chi connectivity index (χ1n) is 11.0. The van der Waals surface area contributed by atoms with Crippen molar-refractivity contribution in [3.05, 3.63) is 69.8 Å². The lowest BCUT2D eigenvalue weighted by Crippen LogP contribution is -2.72. The molecule has 0 bridgehead atoms. The van der Waals surface area contributed by atoms with Crippen molar-refractivity contribution in [2.75, 3.05) is 19.0 Å². The number of aryl methyl sites for hydroxylation is 1. The van der Waals surface area contributed by atoms with Gasteiger partial charge < -0.3 is 14.6 Å². The molecule has 0 aromatic heterocycles. The average Bonchev–Trinajstić information content (AvgIpc) is 2.84. The fourth-order valence-corrected chi connectivity index (χ4v) is 7.36. The minimum absolute atomic E-state index is 0.194. The lowest BCUT2D eigenvalue weighted by molar-refractivity contribution is -0.384. The average molecular weight is 539 g/mol. The van der Waals surface area contributed by atoms with Gasteiger partial charge in [0.05, 0.1) is 28.4 Å². The van der Waals surface area contributed by atoms with E-state index in [1.807, 2.05) is 0 Å². The highest BCUT2D eigenvalue weighted by atomic mass is 32.2. The Balaban J connectivity index is 2.33. The standard InChI is InChI=1S/C23H26N2O9S2/c1-4-33-21(27)23(22(28)34-5-2)19(26)14-35-20(16-8-10-17(11-9-16)25(29)30)24(23)36(31,32)18-12-6-15(3)7-13-18/h6-13,19-20,26H,4-5,14H2,1-3H3/t19-,20+/m1/s1. The summed E-state index contributed by atoms with van der Waals surface area (Å²) in [6, 6.07) is 10.8. The van der Waals surface area contributed by atoms with Crippen molar-refractivity contribution in [1.82, 2.24) is 4.31 Å². The third kappa shape index (κ3) is 4.83. The van der Waals surface area contributed by atoms with Crippen molar-refractivity contribution in [3.8, 4) is 0 Å². The number of benzene rings is 2. The van der Waals surface area contributed by atoms with Crippen molar-refractivity contribution < 1.29 is 37.5 Å². The van der Waals surface area contributed by atoms with E-state index in [9.17, 15) is 33.2 Å². The Hall–Kier alpha value is -3.00. The van der Waals surface area contributed by atoms with Gasteiger partial charge in [0.15, 0.2) is 0 Å². The molecular formula is C23H26N2O9S2. The van der Waals surface area contributed by atoms with Gasteiger partial charge in [-0.15, -0.1) is 11.8 Å². The number of aliphatic hydroxyl groups is 1. The van der Waals surface area contributed by atoms with Gasteiger partial charge in [0.1, 0.15) is 6.10 Å². The molecule has 3 rings (SSSR count). The Kier molecular flexibility index (Phi) is 8.39. The zero-order chi connectivity index (χ0) is 26.7. The maximum atomic E-state index is 14.1. The number of carbonyl (C=O) groups is 2. The van der Waals surface area contributed by atoms with Crippen molar-refractivity contribution in [2.24, 2.45) is 0 Å². The fraction of sp³-hybridized carbons (Fsp3) is 0.391. The molecule has 36 heavy (non-hydrogen) atoms. The number of hydrogen-bond acceptors (Lipinski definition) is 10. The quantitative estimate of drug-likeness (QED) is 0.230. The Morgan fingerprint density at radius 3 is 2.08 bits per heavy atom. The first kappa shape index (κ1) is 27.6. The van der Waals surface area contributed by atoms with Crippen LogP contribution in [0.1, 0.15) is 30.3 Å². The summed E-state index contributed by atoms with van der Waals surface area (Å²) in [5.74, 6) is -2.78. The van der Waals surface area contributed by atoms with E-state index >= 15 is 0 Å². The third-order valence-corrected chi connectivity index (χ3v) is 8.92. The number of sulfonamides is 1. The second-order valence-corrected chi connectivity index (χ2v) is 10.8. The summed E-state index contributed by atoms with van der Waals surface area (Å²) in [6.45, 7) is 4.33. The van der Waals surface area contributed by atoms with Crippen LogP contribution >= 0.6 is 11.8 Å². The number of non-ortho nitro benzene ring substituents is 1. The van der Waals surface area contributed by atoms with Crippen molar-refractivity contribution in [1.29, 1.82) is 0 Å². The molecule has 1 aliphatic rings. The monoisotopic (exact) mass is 538 g/mol. The van der Waals surface area contributed by atoms with Gasteiger partial charge in [0, 0.05) is 17.9 Å². The molecule has 1 heterocycles. The molecule has 2 aromatic carbocycles. The number of ether oxygens (including phenoxy) is 2. The SMILES string of the molecule is CCOC(=O)C1(C(=O)OCC)[C@H](O)CS[C@@H](c2ccc([N+](=O)[O-])cc2)N1S(=O)(=O)c1ccc(C)cc1. The highest BCUT2D eigenvalue weighted by molar-refractivity contribution is 8.00. The van der Waals surface area contributed by atoms with E-state index in [0.717, 1.165) is 17.3 Å². The van der Waals surface area contributed by atoms with Gasteiger partial charge in [-0.1, -0.05) is 17.7 Å². The zero-order valence-electron chi connectivity index (χ0n) is 19.8. The molecule has 0 radical (unpaired) electrons. The van der Waals surface area contributed by atoms with Gasteiger partial charge in [-0.2, -0.15) is 4.31 Å². The van der Waals surface area contributed by atoms with Crippen LogP contribution in [0.25, 0.3) is 0 Å². The molecule has 0 saturated carbocycles. The van der Waals surface area contributed by atoms with Crippen LogP contribution in [0.3, 0.4) is 0 Å². The number of rotatable bonds is 8. The molecule has 0 spiro atoms. The van der Waals surface area contributed by atoms with Gasteiger partial charge >= 0.3 is 11.9 Å². The number of esters is 2. The van der Waals surface area contributed by atoms with Gasteiger partial charge in [-0.25, -0.2) is 18.0 Å². The van der Waals surface area contributed by atoms with E-state index in [-0.39, 0.29) is 35.1 Å². The van der Waals surface area contributed by atoms with Gasteiger partial charge in [-0.3, -0.25) is 10.1 Å². The summed E-state index contributed by atoms with van der Waals surface area (Å²) in [5.41, 5.74) is -1.95. The maximum absolute atomic E-state index is 14.1. The predicted octanol–water partition coefficient (Wildman–Crippen LogP) is 2.57. The van der Waals surface area contributed by atoms with Gasteiger partial charge in [0.2, 0.25) is 10.0 Å². The summed E-state index contributed by atoms with van der Waals surface area (Å²) in [6.07, 6.45) is -1.81. The number of hydrogen-bond donors (Lipinski definition) is 1. The molecule has 0 amide bonds. The van der Waals surface area contributed by atoms with Crippen LogP contribution in [0, 0.1) is 17.0 Å². The number of aliphatic hydroxyl groups excluding tert-OH is 1. The number of nitrogens with zero attached hydrogens (tertiary/aromatic N) is 2. The lowest BCUT2D eigenvalue weighted by Gasteiger charge is -2.48. The number of thioether (sulfide) groups is 1. The van der Waals surface area contributed by atoms with E-state index < -0.39 is 43.9 Å². The smallest absolute Gasteiger partial charge is 0.342 e. The molecule has 1 fully saturated rings. The van der Waals surface area contributed by atoms with E-state index in [1.165, 1.54) is 50.2 Å². The van der Waals surface area contributed by atoms with Crippen LogP contribution < -0.4 is 0 Å². The van der Waals surface area contributed by atoms with Crippen molar-refractivity contribution in [2.45, 2.75) is 42.7 Å². The van der Waals surface area contributed by atoms with Crippen LogP contribution in [-0.2, 0) is 29.1 Å². The van der Waals surface area contributed by atoms with Crippen molar-refractivity contribution in [3.63, 3.8) is 0 Å². The number of carbonyl (C=O) groups excluding carboxylic acids is 2. The van der Waals surface area contributed by atoms with E-state index in [4.69, 9.17) is 9.47 Å². The first-order valence-corrected chi connectivity index (χ1v) is 13.5. The van der Waals surface area contributed by atoms with Crippen LogP contribution in [0.2, 0.25) is 0 Å². The summed E-state index contributed by atoms with van der Waals surface area (Å²) < 4.78 is 39.1. The molecule has 1 aliphatic heterocycles. The molecular weight excluding hydrogens is 512 g/mol. The Bertz CT molecular complexity index is 1210. The summed E-state index contributed by atoms with van der Waals surface area (Å²) in [4.78, 5) is 37.1. The highest BCUT2D eigenvalue weighted by Crippen LogP contribution is 2.49. The normalized spacial score (nSPS) is 19.9. The van der Waals surface area contributed by atoms with E-state index in [0.29, 0.717) is 4.31 Å². The molecule has 1 saturated heterocycles. The minimum atomic E-state index is -4.65. The van der Waals surface area contributed by atoms with E-state index in [2.05, 4.69) is 0 Å². The Labute approximate surface area is 212 Å². The topological polar surface area (TPSA) is 153 Å². The van der Waals surface area contributed by atoms with Crippen LogP contribution in [0.5, 0.6) is 0 Å². The summed E-state index contributed by atoms with van der Waals surface area (Å²) in [7, 11) is -4.65. The van der Waals surface area contributed by atoms with Crippen LogP contribution in [0.15, 0.2) is 53.4 Å². The highest BCUT2D eigenvalue weighted by Gasteiger charge is 2.67. The van der Waals surface area contributed by atoms with Crippen molar-refractivity contribution >= 4 is 39.4 Å². The molecule has 0 aliphatic carbocycles. The van der Waals surface area contributed by atoms with Crippen LogP contribution in [0.4, 0.5) is 5.69 Å².